The SMILES string of the molecule is C1=C\C[N+]2(C34CC5CC(CC(C5)C3)C4)CN=N/C2=C/CC/1. The summed E-state index contributed by atoms with van der Waals surface area (Å²) in [5.74, 6) is 4.31. The molecule has 0 aromatic carbocycles. The number of rotatable bonds is 1. The van der Waals surface area contributed by atoms with E-state index in [1.165, 1.54) is 50.8 Å². The van der Waals surface area contributed by atoms with Gasteiger partial charge in [-0.05, 0) is 62.0 Å². The van der Waals surface area contributed by atoms with E-state index < -0.39 is 0 Å². The first-order chi connectivity index (χ1) is 10.3. The molecule has 2 aliphatic heterocycles. The molecule has 0 spiro atoms. The van der Waals surface area contributed by atoms with Crippen LogP contribution in [-0.2, 0) is 0 Å². The van der Waals surface area contributed by atoms with Crippen LogP contribution < -0.4 is 0 Å². The molecule has 3 heteroatoms. The van der Waals surface area contributed by atoms with E-state index in [9.17, 15) is 0 Å². The van der Waals surface area contributed by atoms with Crippen molar-refractivity contribution in [3.8, 4) is 0 Å². The van der Waals surface area contributed by atoms with Crippen molar-refractivity contribution in [2.45, 2.75) is 56.9 Å². The zero-order chi connectivity index (χ0) is 13.9. The Kier molecular flexibility index (Phi) is 2.56. The summed E-state index contributed by atoms with van der Waals surface area (Å²) in [5, 5.41) is 9.15. The minimum absolute atomic E-state index is 0.464. The van der Waals surface area contributed by atoms with Gasteiger partial charge in [0.2, 0.25) is 5.82 Å². The van der Waals surface area contributed by atoms with E-state index in [1.807, 2.05) is 0 Å². The van der Waals surface area contributed by atoms with Crippen LogP contribution in [0.5, 0.6) is 0 Å². The molecule has 4 fully saturated rings. The number of fused-ring (bicyclic) bond motifs is 1. The van der Waals surface area contributed by atoms with Gasteiger partial charge in [0.25, 0.3) is 0 Å². The second kappa shape index (κ2) is 4.28. The van der Waals surface area contributed by atoms with Crippen molar-refractivity contribution in [1.82, 2.24) is 0 Å². The molecule has 4 aliphatic carbocycles. The first-order valence-corrected chi connectivity index (χ1v) is 8.90. The topological polar surface area (TPSA) is 24.7 Å². The number of nitrogens with zero attached hydrogens (tertiary/aromatic N) is 3. The molecule has 1 atom stereocenters. The van der Waals surface area contributed by atoms with Gasteiger partial charge in [-0.1, -0.05) is 11.2 Å². The van der Waals surface area contributed by atoms with Crippen molar-refractivity contribution in [2.24, 2.45) is 28.0 Å². The van der Waals surface area contributed by atoms with Crippen molar-refractivity contribution in [1.29, 1.82) is 0 Å². The largest absolute Gasteiger partial charge is 0.246 e. The van der Waals surface area contributed by atoms with Crippen LogP contribution in [0.15, 0.2) is 34.3 Å². The van der Waals surface area contributed by atoms with Crippen LogP contribution in [0.1, 0.15) is 51.4 Å². The van der Waals surface area contributed by atoms with E-state index in [0.717, 1.165) is 41.9 Å². The molecule has 4 bridgehead atoms. The number of azo groups is 1. The molecule has 0 radical (unpaired) electrons. The number of hydrogen-bond donors (Lipinski definition) is 0. The van der Waals surface area contributed by atoms with Gasteiger partial charge in [0.05, 0.1) is 0 Å². The lowest BCUT2D eigenvalue weighted by molar-refractivity contribution is -0.938. The number of quaternary nitrogens is 1. The zero-order valence-electron chi connectivity index (χ0n) is 12.9. The van der Waals surface area contributed by atoms with Gasteiger partial charge in [-0.25, -0.2) is 4.48 Å². The van der Waals surface area contributed by atoms with Crippen molar-refractivity contribution in [2.75, 3.05) is 13.2 Å². The van der Waals surface area contributed by atoms with Crippen molar-refractivity contribution >= 4 is 0 Å². The van der Waals surface area contributed by atoms with Gasteiger partial charge in [-0.15, -0.1) is 5.11 Å². The highest BCUT2D eigenvalue weighted by Gasteiger charge is 2.63. The molecular formula is C18H26N3+. The summed E-state index contributed by atoms with van der Waals surface area (Å²) in [7, 11) is 0. The van der Waals surface area contributed by atoms with Crippen LogP contribution in [0.25, 0.3) is 0 Å². The molecule has 0 aromatic rings. The summed E-state index contributed by atoms with van der Waals surface area (Å²) in [4.78, 5) is 0. The lowest BCUT2D eigenvalue weighted by Gasteiger charge is -2.62. The minimum atomic E-state index is 0.464. The predicted octanol–water partition coefficient (Wildman–Crippen LogP) is 4.39. The summed E-state index contributed by atoms with van der Waals surface area (Å²) < 4.78 is 1.08. The average Bonchev–Trinajstić information content (AvgIpc) is 2.81. The average molecular weight is 284 g/mol. The quantitative estimate of drug-likeness (QED) is 0.504. The Balaban J connectivity index is 1.61. The fraction of sp³-hybridized carbons (Fsp3) is 0.778. The Morgan fingerprint density at radius 1 is 0.952 bits per heavy atom. The van der Waals surface area contributed by atoms with E-state index in [-0.39, 0.29) is 0 Å². The highest BCUT2D eigenvalue weighted by molar-refractivity contribution is 5.10. The highest BCUT2D eigenvalue weighted by atomic mass is 15.6. The van der Waals surface area contributed by atoms with E-state index in [4.69, 9.17) is 0 Å². The van der Waals surface area contributed by atoms with Crippen LogP contribution in [0, 0.1) is 17.8 Å². The maximum Gasteiger partial charge on any atom is 0.244 e. The molecular weight excluding hydrogens is 258 g/mol. The van der Waals surface area contributed by atoms with E-state index >= 15 is 0 Å². The van der Waals surface area contributed by atoms with Crippen molar-refractivity contribution in [3.05, 3.63) is 24.0 Å². The Hall–Kier alpha value is -0.960. The highest BCUT2D eigenvalue weighted by Crippen LogP contribution is 2.61. The number of hydrogen-bond acceptors (Lipinski definition) is 2. The lowest BCUT2D eigenvalue weighted by atomic mass is 9.52. The Morgan fingerprint density at radius 3 is 2.38 bits per heavy atom. The third-order valence-corrected chi connectivity index (χ3v) is 7.07. The monoisotopic (exact) mass is 284 g/mol. The fourth-order valence-corrected chi connectivity index (χ4v) is 6.59. The normalized spacial score (nSPS) is 54.7. The van der Waals surface area contributed by atoms with E-state index in [1.54, 1.807) is 0 Å². The van der Waals surface area contributed by atoms with Gasteiger partial charge in [0, 0.05) is 19.3 Å². The second-order valence-electron chi connectivity index (χ2n) is 8.29. The summed E-state index contributed by atoms with van der Waals surface area (Å²) in [6.45, 7) is 2.04. The molecule has 0 saturated heterocycles. The van der Waals surface area contributed by atoms with Gasteiger partial charge >= 0.3 is 0 Å². The van der Waals surface area contributed by atoms with Gasteiger partial charge in [0.15, 0.2) is 6.67 Å². The smallest absolute Gasteiger partial charge is 0.244 e. The second-order valence-corrected chi connectivity index (χ2v) is 8.29. The van der Waals surface area contributed by atoms with Crippen LogP contribution in [0.4, 0.5) is 0 Å². The molecule has 1 unspecified atom stereocenters. The Morgan fingerprint density at radius 2 is 1.67 bits per heavy atom. The van der Waals surface area contributed by atoms with Crippen LogP contribution >= 0.6 is 0 Å². The molecule has 0 N–H and O–H groups in total. The molecule has 6 aliphatic rings. The molecule has 21 heavy (non-hydrogen) atoms. The Bertz CT molecular complexity index is 509. The van der Waals surface area contributed by atoms with Gasteiger partial charge in [0.1, 0.15) is 12.1 Å². The van der Waals surface area contributed by atoms with Crippen molar-refractivity contribution < 1.29 is 4.48 Å². The summed E-state index contributed by atoms with van der Waals surface area (Å²) >= 11 is 0. The minimum Gasteiger partial charge on any atom is -0.246 e. The van der Waals surface area contributed by atoms with Gasteiger partial charge < -0.3 is 0 Å². The van der Waals surface area contributed by atoms with Crippen LogP contribution in [-0.4, -0.2) is 23.2 Å². The summed E-state index contributed by atoms with van der Waals surface area (Å²) in [6, 6.07) is 0. The molecule has 2 heterocycles. The molecule has 3 nitrogen and oxygen atoms in total. The summed E-state index contributed by atoms with van der Waals surface area (Å²) in [5.41, 5.74) is 0.464. The standard InChI is InChI=1S/C18H26N3/c1-2-4-6-21(13-19-20-17(21)5-3-1)18-10-14-7-15(11-18)9-16(8-14)12-18/h2,4-5,14-16H,1,3,6-13H2/q+1/b4-2-,17-5-. The summed E-state index contributed by atoms with van der Waals surface area (Å²) in [6.07, 6.45) is 18.4. The van der Waals surface area contributed by atoms with Gasteiger partial charge in [-0.3, -0.25) is 0 Å². The molecule has 0 aromatic heterocycles. The first kappa shape index (κ1) is 12.6. The predicted molar refractivity (Wildman–Crippen MR) is 82.2 cm³/mol. The van der Waals surface area contributed by atoms with E-state index in [2.05, 4.69) is 28.5 Å². The fourth-order valence-electron chi connectivity index (χ4n) is 6.59. The van der Waals surface area contributed by atoms with Crippen molar-refractivity contribution in [3.63, 3.8) is 0 Å². The lowest BCUT2D eigenvalue weighted by Crippen LogP contribution is -2.68. The maximum atomic E-state index is 4.61. The Labute approximate surface area is 127 Å². The van der Waals surface area contributed by atoms with E-state index in [0.29, 0.717) is 5.54 Å². The maximum absolute atomic E-state index is 4.61. The van der Waals surface area contributed by atoms with Gasteiger partial charge in [-0.2, -0.15) is 0 Å². The molecule has 6 rings (SSSR count). The number of allylic oxidation sites excluding steroid dienone is 2. The zero-order valence-corrected chi connectivity index (χ0v) is 12.9. The van der Waals surface area contributed by atoms with Crippen LogP contribution in [0.3, 0.4) is 0 Å². The first-order valence-electron chi connectivity index (χ1n) is 8.90. The van der Waals surface area contributed by atoms with Crippen LogP contribution in [0.2, 0.25) is 0 Å². The third kappa shape index (κ3) is 1.64. The molecule has 112 valence electrons. The molecule has 4 saturated carbocycles. The molecule has 0 amide bonds. The third-order valence-electron chi connectivity index (χ3n) is 7.07.